The molecule has 4 nitrogen and oxygen atoms in total. The molecule has 2 aromatic rings. The Morgan fingerprint density at radius 2 is 1.76 bits per heavy atom. The van der Waals surface area contributed by atoms with Crippen molar-refractivity contribution >= 4 is 17.4 Å². The van der Waals surface area contributed by atoms with Crippen LogP contribution in [0.4, 0.5) is 10.1 Å². The van der Waals surface area contributed by atoms with E-state index in [2.05, 4.69) is 5.32 Å². The zero-order valence-electron chi connectivity index (χ0n) is 14.3. The quantitative estimate of drug-likeness (QED) is 0.650. The van der Waals surface area contributed by atoms with Crippen LogP contribution in [-0.4, -0.2) is 29.7 Å². The Hall–Kier alpha value is -2.69. The molecule has 0 atom stereocenters. The number of carbonyl (C=O) groups is 1. The largest absolute Gasteiger partial charge is 0.357 e. The van der Waals surface area contributed by atoms with Gasteiger partial charge in [0.15, 0.2) is 0 Å². The van der Waals surface area contributed by atoms with Crippen LogP contribution in [0.25, 0.3) is 0 Å². The third kappa shape index (κ3) is 4.05. The van der Waals surface area contributed by atoms with Crippen LogP contribution in [0.3, 0.4) is 0 Å². The summed E-state index contributed by atoms with van der Waals surface area (Å²) in [5.41, 5.74) is 2.20. The Kier molecular flexibility index (Phi) is 5.12. The standard InChI is InChI=1S/C20H22FN3O/c1-14-5-8-16(9-6-14)23-20(25)17-10-7-15(13-18(17)21)19(22)24-11-3-2-4-12-24/h5-10,13,22H,2-4,11-12H2,1H3,(H,23,25). The number of hydrogen-bond acceptors (Lipinski definition) is 2. The second-order valence-corrected chi connectivity index (χ2v) is 6.41. The van der Waals surface area contributed by atoms with E-state index in [9.17, 15) is 9.18 Å². The summed E-state index contributed by atoms with van der Waals surface area (Å²) in [5, 5.41) is 11.0. The average molecular weight is 339 g/mol. The lowest BCUT2D eigenvalue weighted by atomic mass is 10.1. The molecule has 0 aliphatic carbocycles. The van der Waals surface area contributed by atoms with Crippen molar-refractivity contribution in [1.29, 1.82) is 5.41 Å². The molecule has 0 unspecified atom stereocenters. The number of hydrogen-bond donors (Lipinski definition) is 2. The van der Waals surface area contributed by atoms with Crippen LogP contribution in [0.1, 0.15) is 40.7 Å². The molecule has 1 aliphatic rings. The van der Waals surface area contributed by atoms with Gasteiger partial charge in [0.1, 0.15) is 11.7 Å². The third-order valence-corrected chi connectivity index (χ3v) is 4.47. The van der Waals surface area contributed by atoms with Crippen LogP contribution < -0.4 is 5.32 Å². The molecule has 0 spiro atoms. The number of nitrogens with zero attached hydrogens (tertiary/aromatic N) is 1. The van der Waals surface area contributed by atoms with Crippen LogP contribution in [0, 0.1) is 18.2 Å². The van der Waals surface area contributed by atoms with E-state index in [1.165, 1.54) is 18.6 Å². The van der Waals surface area contributed by atoms with Crippen molar-refractivity contribution in [3.05, 3.63) is 65.0 Å². The first-order valence-electron chi connectivity index (χ1n) is 8.56. The summed E-state index contributed by atoms with van der Waals surface area (Å²) in [4.78, 5) is 14.3. The fourth-order valence-electron chi connectivity index (χ4n) is 2.98. The fourth-order valence-corrected chi connectivity index (χ4v) is 2.98. The summed E-state index contributed by atoms with van der Waals surface area (Å²) in [7, 11) is 0. The molecule has 130 valence electrons. The molecule has 1 fully saturated rings. The molecule has 1 heterocycles. The number of nitrogens with one attached hydrogen (secondary N) is 2. The molecule has 0 radical (unpaired) electrons. The van der Waals surface area contributed by atoms with E-state index in [-0.39, 0.29) is 5.56 Å². The van der Waals surface area contributed by atoms with Gasteiger partial charge in [0, 0.05) is 24.3 Å². The molecular formula is C20H22FN3O. The van der Waals surface area contributed by atoms with E-state index in [0.717, 1.165) is 31.5 Å². The van der Waals surface area contributed by atoms with Gasteiger partial charge >= 0.3 is 0 Å². The number of amides is 1. The van der Waals surface area contributed by atoms with Gasteiger partial charge in [-0.1, -0.05) is 23.8 Å². The molecular weight excluding hydrogens is 317 g/mol. The first-order valence-corrected chi connectivity index (χ1v) is 8.56. The maximum absolute atomic E-state index is 14.4. The number of likely N-dealkylation sites (tertiary alicyclic amines) is 1. The lowest BCUT2D eigenvalue weighted by molar-refractivity contribution is 0.102. The second kappa shape index (κ2) is 7.47. The highest BCUT2D eigenvalue weighted by Crippen LogP contribution is 2.17. The first kappa shape index (κ1) is 17.1. The lowest BCUT2D eigenvalue weighted by Crippen LogP contribution is -2.35. The number of rotatable bonds is 3. The highest BCUT2D eigenvalue weighted by molar-refractivity contribution is 6.05. The Labute approximate surface area is 147 Å². The van der Waals surface area contributed by atoms with E-state index in [0.29, 0.717) is 17.1 Å². The predicted molar refractivity (Wildman–Crippen MR) is 97.8 cm³/mol. The summed E-state index contributed by atoms with van der Waals surface area (Å²) < 4.78 is 14.4. The van der Waals surface area contributed by atoms with E-state index in [1.54, 1.807) is 18.2 Å². The van der Waals surface area contributed by atoms with Gasteiger partial charge in [-0.05, 0) is 50.5 Å². The summed E-state index contributed by atoms with van der Waals surface area (Å²) in [6.07, 6.45) is 3.29. The van der Waals surface area contributed by atoms with Gasteiger partial charge in [-0.25, -0.2) is 4.39 Å². The maximum Gasteiger partial charge on any atom is 0.258 e. The molecule has 0 bridgehead atoms. The van der Waals surface area contributed by atoms with Gasteiger partial charge in [0.25, 0.3) is 5.91 Å². The molecule has 2 N–H and O–H groups in total. The first-order chi connectivity index (χ1) is 12.0. The number of benzene rings is 2. The van der Waals surface area contributed by atoms with Gasteiger partial charge < -0.3 is 10.2 Å². The van der Waals surface area contributed by atoms with Crippen LogP contribution in [0.15, 0.2) is 42.5 Å². The zero-order chi connectivity index (χ0) is 17.8. The number of halogens is 1. The Morgan fingerprint density at radius 1 is 1.08 bits per heavy atom. The van der Waals surface area contributed by atoms with E-state index in [1.807, 2.05) is 24.0 Å². The van der Waals surface area contributed by atoms with Crippen molar-refractivity contribution in [3.63, 3.8) is 0 Å². The molecule has 25 heavy (non-hydrogen) atoms. The van der Waals surface area contributed by atoms with Gasteiger partial charge in [-0.3, -0.25) is 10.2 Å². The van der Waals surface area contributed by atoms with Crippen LogP contribution >= 0.6 is 0 Å². The van der Waals surface area contributed by atoms with Crippen molar-refractivity contribution in [1.82, 2.24) is 4.90 Å². The molecule has 0 saturated carbocycles. The Bertz CT molecular complexity index is 780. The third-order valence-electron chi connectivity index (χ3n) is 4.47. The van der Waals surface area contributed by atoms with Gasteiger partial charge in [0.05, 0.1) is 5.56 Å². The van der Waals surface area contributed by atoms with Crippen LogP contribution in [-0.2, 0) is 0 Å². The number of aryl methyl sites for hydroxylation is 1. The Balaban J connectivity index is 1.73. The number of piperidine rings is 1. The average Bonchev–Trinajstić information content (AvgIpc) is 2.63. The smallest absolute Gasteiger partial charge is 0.258 e. The van der Waals surface area contributed by atoms with Crippen molar-refractivity contribution in [2.45, 2.75) is 26.2 Å². The van der Waals surface area contributed by atoms with E-state index in [4.69, 9.17) is 5.41 Å². The summed E-state index contributed by atoms with van der Waals surface area (Å²) in [6, 6.07) is 11.7. The summed E-state index contributed by atoms with van der Waals surface area (Å²) >= 11 is 0. The lowest BCUT2D eigenvalue weighted by Gasteiger charge is -2.29. The minimum absolute atomic E-state index is 0.0178. The van der Waals surface area contributed by atoms with E-state index >= 15 is 0 Å². The minimum atomic E-state index is -0.608. The normalized spacial score (nSPS) is 14.2. The van der Waals surface area contributed by atoms with Gasteiger partial charge in [0.2, 0.25) is 0 Å². The van der Waals surface area contributed by atoms with Gasteiger partial charge in [-0.2, -0.15) is 0 Å². The molecule has 0 aromatic heterocycles. The molecule has 3 rings (SSSR count). The number of carbonyl (C=O) groups excluding carboxylic acids is 1. The van der Waals surface area contributed by atoms with Crippen molar-refractivity contribution in [3.8, 4) is 0 Å². The zero-order valence-corrected chi connectivity index (χ0v) is 14.3. The monoisotopic (exact) mass is 339 g/mol. The molecule has 1 aliphatic heterocycles. The number of amidine groups is 1. The SMILES string of the molecule is Cc1ccc(NC(=O)c2ccc(C(=N)N3CCCCC3)cc2F)cc1. The molecule has 1 saturated heterocycles. The molecule has 5 heteroatoms. The van der Waals surface area contributed by atoms with Crippen molar-refractivity contribution < 1.29 is 9.18 Å². The highest BCUT2D eigenvalue weighted by Gasteiger charge is 2.18. The van der Waals surface area contributed by atoms with Crippen LogP contribution in [0.2, 0.25) is 0 Å². The maximum atomic E-state index is 14.4. The second-order valence-electron chi connectivity index (χ2n) is 6.41. The van der Waals surface area contributed by atoms with E-state index < -0.39 is 11.7 Å². The fraction of sp³-hybridized carbons (Fsp3) is 0.300. The summed E-state index contributed by atoms with van der Waals surface area (Å²) in [5.74, 6) is -0.773. The topological polar surface area (TPSA) is 56.2 Å². The van der Waals surface area contributed by atoms with Crippen molar-refractivity contribution in [2.24, 2.45) is 0 Å². The van der Waals surface area contributed by atoms with Crippen molar-refractivity contribution in [2.75, 3.05) is 18.4 Å². The molecule has 2 aromatic carbocycles. The predicted octanol–water partition coefficient (Wildman–Crippen LogP) is 4.20. The molecule has 1 amide bonds. The Morgan fingerprint density at radius 3 is 2.40 bits per heavy atom. The number of anilines is 1. The van der Waals surface area contributed by atoms with Crippen LogP contribution in [0.5, 0.6) is 0 Å². The summed E-state index contributed by atoms with van der Waals surface area (Å²) in [6.45, 7) is 3.62. The minimum Gasteiger partial charge on any atom is -0.357 e. The highest BCUT2D eigenvalue weighted by atomic mass is 19.1. The van der Waals surface area contributed by atoms with Gasteiger partial charge in [-0.15, -0.1) is 0 Å².